The molecule has 0 saturated carbocycles. The maximum atomic E-state index is 12.4. The number of benzene rings is 1. The fourth-order valence-corrected chi connectivity index (χ4v) is 2.79. The molecule has 1 amide bonds. The van der Waals surface area contributed by atoms with Crippen molar-refractivity contribution in [3.05, 3.63) is 23.8 Å². The normalized spacial score (nSPS) is 25.4. The highest BCUT2D eigenvalue weighted by Crippen LogP contribution is 2.29. The van der Waals surface area contributed by atoms with Gasteiger partial charge in [0.1, 0.15) is 0 Å². The summed E-state index contributed by atoms with van der Waals surface area (Å²) < 4.78 is 10.7. The minimum Gasteiger partial charge on any atom is -0.504 e. The van der Waals surface area contributed by atoms with Crippen molar-refractivity contribution in [2.24, 2.45) is 0 Å². The van der Waals surface area contributed by atoms with Gasteiger partial charge in [0.15, 0.2) is 11.5 Å². The molecule has 2 fully saturated rings. The second kappa shape index (κ2) is 4.74. The molecule has 2 aliphatic heterocycles. The van der Waals surface area contributed by atoms with Crippen LogP contribution in [0.4, 0.5) is 0 Å². The first-order valence-electron chi connectivity index (χ1n) is 6.49. The van der Waals surface area contributed by atoms with Gasteiger partial charge in [0, 0.05) is 18.7 Å². The van der Waals surface area contributed by atoms with Crippen molar-refractivity contribution in [2.45, 2.75) is 25.0 Å². The lowest BCUT2D eigenvalue weighted by Gasteiger charge is -2.32. The summed E-state index contributed by atoms with van der Waals surface area (Å²) in [6.07, 6.45) is 2.41. The standard InChI is InChI=1S/C14H17NO4/c1-18-13-5-2-9(6-12(13)16)14(17)15-7-10-3-4-11(8-15)19-10/h2,5-6,10-11,16H,3-4,7-8H2,1H3. The summed E-state index contributed by atoms with van der Waals surface area (Å²) in [5.41, 5.74) is 0.486. The summed E-state index contributed by atoms with van der Waals surface area (Å²) in [7, 11) is 1.48. The number of hydrogen-bond acceptors (Lipinski definition) is 4. The van der Waals surface area contributed by atoms with E-state index in [-0.39, 0.29) is 23.9 Å². The molecule has 2 aliphatic rings. The van der Waals surface area contributed by atoms with E-state index >= 15 is 0 Å². The number of phenols is 1. The van der Waals surface area contributed by atoms with Gasteiger partial charge in [-0.25, -0.2) is 0 Å². The van der Waals surface area contributed by atoms with Crippen molar-refractivity contribution in [1.82, 2.24) is 4.90 Å². The Balaban J connectivity index is 1.78. The Morgan fingerprint density at radius 1 is 1.37 bits per heavy atom. The first-order valence-corrected chi connectivity index (χ1v) is 6.49. The average molecular weight is 263 g/mol. The van der Waals surface area contributed by atoms with Gasteiger partial charge < -0.3 is 19.5 Å². The van der Waals surface area contributed by atoms with Gasteiger partial charge in [0.2, 0.25) is 0 Å². The van der Waals surface area contributed by atoms with Crippen LogP contribution in [-0.4, -0.2) is 48.3 Å². The number of hydrogen-bond donors (Lipinski definition) is 1. The van der Waals surface area contributed by atoms with E-state index in [1.54, 1.807) is 12.1 Å². The van der Waals surface area contributed by atoms with Gasteiger partial charge in [-0.05, 0) is 31.0 Å². The largest absolute Gasteiger partial charge is 0.504 e. The van der Waals surface area contributed by atoms with Crippen molar-refractivity contribution in [1.29, 1.82) is 0 Å². The van der Waals surface area contributed by atoms with E-state index < -0.39 is 0 Å². The third-order valence-electron chi connectivity index (χ3n) is 3.76. The number of amides is 1. The van der Waals surface area contributed by atoms with Crippen LogP contribution in [0.15, 0.2) is 18.2 Å². The maximum Gasteiger partial charge on any atom is 0.254 e. The molecule has 1 aromatic rings. The maximum absolute atomic E-state index is 12.4. The predicted molar refractivity (Wildman–Crippen MR) is 68.5 cm³/mol. The van der Waals surface area contributed by atoms with Crippen LogP contribution in [-0.2, 0) is 4.74 Å². The third-order valence-corrected chi connectivity index (χ3v) is 3.76. The number of carbonyl (C=O) groups excluding carboxylic acids is 1. The molecule has 1 N–H and O–H groups in total. The zero-order valence-corrected chi connectivity index (χ0v) is 10.8. The zero-order valence-electron chi connectivity index (χ0n) is 10.8. The molecule has 2 saturated heterocycles. The molecule has 2 unspecified atom stereocenters. The van der Waals surface area contributed by atoms with Crippen molar-refractivity contribution in [3.63, 3.8) is 0 Å². The van der Waals surface area contributed by atoms with E-state index in [0.717, 1.165) is 12.8 Å². The summed E-state index contributed by atoms with van der Waals surface area (Å²) in [5, 5.41) is 9.73. The summed E-state index contributed by atoms with van der Waals surface area (Å²) >= 11 is 0. The Labute approximate surface area is 111 Å². The van der Waals surface area contributed by atoms with Gasteiger partial charge in [-0.3, -0.25) is 4.79 Å². The molecule has 0 spiro atoms. The molecule has 19 heavy (non-hydrogen) atoms. The Morgan fingerprint density at radius 2 is 2.05 bits per heavy atom. The lowest BCUT2D eigenvalue weighted by molar-refractivity contribution is -0.0303. The smallest absolute Gasteiger partial charge is 0.254 e. The van der Waals surface area contributed by atoms with Gasteiger partial charge in [-0.1, -0.05) is 0 Å². The lowest BCUT2D eigenvalue weighted by atomic mass is 10.1. The molecule has 2 bridgehead atoms. The van der Waals surface area contributed by atoms with Crippen LogP contribution in [0.2, 0.25) is 0 Å². The number of phenolic OH excluding ortho intramolecular Hbond substituents is 1. The highest BCUT2D eigenvalue weighted by Gasteiger charge is 2.36. The fourth-order valence-electron chi connectivity index (χ4n) is 2.79. The molecular formula is C14H17NO4. The van der Waals surface area contributed by atoms with E-state index in [1.807, 2.05) is 4.90 Å². The summed E-state index contributed by atoms with van der Waals surface area (Å²) in [5.74, 6) is 0.307. The first-order chi connectivity index (χ1) is 9.17. The molecule has 0 aliphatic carbocycles. The van der Waals surface area contributed by atoms with Crippen LogP contribution in [0.3, 0.4) is 0 Å². The minimum atomic E-state index is -0.0573. The number of rotatable bonds is 2. The number of morpholine rings is 1. The van der Waals surface area contributed by atoms with Gasteiger partial charge in [0.25, 0.3) is 5.91 Å². The quantitative estimate of drug-likeness (QED) is 0.876. The SMILES string of the molecule is COc1ccc(C(=O)N2CC3CCC(C2)O3)cc1O. The van der Waals surface area contributed by atoms with E-state index in [9.17, 15) is 9.90 Å². The molecule has 1 aromatic carbocycles. The highest BCUT2D eigenvalue weighted by atomic mass is 16.5. The van der Waals surface area contributed by atoms with Gasteiger partial charge in [-0.15, -0.1) is 0 Å². The second-order valence-electron chi connectivity index (χ2n) is 5.05. The van der Waals surface area contributed by atoms with Crippen LogP contribution >= 0.6 is 0 Å². The van der Waals surface area contributed by atoms with Crippen molar-refractivity contribution < 1.29 is 19.4 Å². The van der Waals surface area contributed by atoms with Crippen molar-refractivity contribution in [3.8, 4) is 11.5 Å². The first kappa shape index (κ1) is 12.3. The Kier molecular flexibility index (Phi) is 3.06. The summed E-state index contributed by atoms with van der Waals surface area (Å²) in [6, 6.07) is 4.74. The van der Waals surface area contributed by atoms with Gasteiger partial charge >= 0.3 is 0 Å². The molecule has 2 atom stereocenters. The summed E-state index contributed by atoms with van der Waals surface area (Å²) in [6.45, 7) is 1.28. The Morgan fingerprint density at radius 3 is 2.63 bits per heavy atom. The number of ether oxygens (including phenoxy) is 2. The second-order valence-corrected chi connectivity index (χ2v) is 5.05. The number of nitrogens with zero attached hydrogens (tertiary/aromatic N) is 1. The monoisotopic (exact) mass is 263 g/mol. The minimum absolute atomic E-state index is 0.00965. The molecule has 3 rings (SSSR count). The van der Waals surface area contributed by atoms with E-state index in [4.69, 9.17) is 9.47 Å². The zero-order chi connectivity index (χ0) is 13.4. The molecular weight excluding hydrogens is 246 g/mol. The van der Waals surface area contributed by atoms with Gasteiger partial charge in [0.05, 0.1) is 19.3 Å². The summed E-state index contributed by atoms with van der Waals surface area (Å²) in [4.78, 5) is 14.2. The third kappa shape index (κ3) is 2.26. The molecule has 2 heterocycles. The van der Waals surface area contributed by atoms with Crippen molar-refractivity contribution in [2.75, 3.05) is 20.2 Å². The molecule has 5 heteroatoms. The number of aromatic hydroxyl groups is 1. The van der Waals surface area contributed by atoms with Crippen LogP contribution in [0, 0.1) is 0 Å². The number of fused-ring (bicyclic) bond motifs is 2. The highest BCUT2D eigenvalue weighted by molar-refractivity contribution is 5.95. The number of carbonyl (C=O) groups is 1. The molecule has 5 nitrogen and oxygen atoms in total. The van der Waals surface area contributed by atoms with Crippen molar-refractivity contribution >= 4 is 5.91 Å². The molecule has 0 aromatic heterocycles. The van der Waals surface area contributed by atoms with E-state index in [0.29, 0.717) is 24.4 Å². The Bertz CT molecular complexity index is 490. The fraction of sp³-hybridized carbons (Fsp3) is 0.500. The lowest BCUT2D eigenvalue weighted by Crippen LogP contribution is -2.45. The van der Waals surface area contributed by atoms with E-state index in [1.165, 1.54) is 13.2 Å². The molecule has 102 valence electrons. The number of likely N-dealkylation sites (tertiary alicyclic amines) is 1. The molecule has 0 radical (unpaired) electrons. The average Bonchev–Trinajstić information content (AvgIpc) is 2.76. The van der Waals surface area contributed by atoms with Crippen LogP contribution in [0.5, 0.6) is 11.5 Å². The Hall–Kier alpha value is -1.75. The van der Waals surface area contributed by atoms with E-state index in [2.05, 4.69) is 0 Å². The van der Waals surface area contributed by atoms with Crippen LogP contribution in [0.1, 0.15) is 23.2 Å². The van der Waals surface area contributed by atoms with Gasteiger partial charge in [-0.2, -0.15) is 0 Å². The predicted octanol–water partition coefficient (Wildman–Crippen LogP) is 1.40. The van der Waals surface area contributed by atoms with Crippen LogP contribution < -0.4 is 4.74 Å². The number of methoxy groups -OCH3 is 1. The topological polar surface area (TPSA) is 59.0 Å². The van der Waals surface area contributed by atoms with Crippen LogP contribution in [0.25, 0.3) is 0 Å².